The van der Waals surface area contributed by atoms with Gasteiger partial charge >= 0.3 is 0 Å². The molecule has 2 heterocycles. The third-order valence-corrected chi connectivity index (χ3v) is 5.22. The third-order valence-electron chi connectivity index (χ3n) is 5.22. The molecular formula is C19H25N5O2. The Labute approximate surface area is 152 Å². The minimum absolute atomic E-state index is 0.212. The fraction of sp³-hybridized carbons (Fsp3) is 0.474. The lowest BCUT2D eigenvalue weighted by atomic mass is 10.0. The highest BCUT2D eigenvalue weighted by Crippen LogP contribution is 2.37. The molecule has 1 aliphatic carbocycles. The Hall–Kier alpha value is -2.38. The van der Waals surface area contributed by atoms with Gasteiger partial charge in [-0.1, -0.05) is 18.2 Å². The molecule has 0 radical (unpaired) electrons. The normalized spacial score (nSPS) is 23.0. The minimum atomic E-state index is -0.320. The molecule has 138 valence electrons. The summed E-state index contributed by atoms with van der Waals surface area (Å²) in [4.78, 5) is 6.41. The van der Waals surface area contributed by atoms with Gasteiger partial charge < -0.3 is 19.7 Å². The first-order valence-corrected chi connectivity index (χ1v) is 9.05. The van der Waals surface area contributed by atoms with Gasteiger partial charge in [-0.3, -0.25) is 5.10 Å². The number of aliphatic hydroxyl groups is 1. The van der Waals surface area contributed by atoms with E-state index in [1.807, 2.05) is 37.2 Å². The Kier molecular flexibility index (Phi) is 4.65. The quantitative estimate of drug-likeness (QED) is 0.628. The van der Waals surface area contributed by atoms with E-state index < -0.39 is 0 Å². The predicted molar refractivity (Wildman–Crippen MR) is 100 cm³/mol. The van der Waals surface area contributed by atoms with Crippen molar-refractivity contribution in [3.63, 3.8) is 0 Å². The van der Waals surface area contributed by atoms with Crippen molar-refractivity contribution in [3.8, 4) is 0 Å². The van der Waals surface area contributed by atoms with Gasteiger partial charge in [-0.05, 0) is 24.8 Å². The Morgan fingerprint density at radius 3 is 3.00 bits per heavy atom. The van der Waals surface area contributed by atoms with Crippen molar-refractivity contribution in [2.45, 2.75) is 31.4 Å². The molecule has 3 atom stereocenters. The standard InChI is InChI=1S/C19H25N5O2/c1-24(2)19-21-18(22-23-19)14-8-15(16(25)9-14)11-20-10-13-5-3-4-12-6-7-26-17(12)13/h3-7,14-16,20,25H,8-11H2,1-2H3,(H,21,22,23)/t14-,15+,16+/m0/s1. The topological polar surface area (TPSA) is 90.2 Å². The van der Waals surface area contributed by atoms with E-state index in [0.29, 0.717) is 5.95 Å². The Morgan fingerprint density at radius 1 is 1.31 bits per heavy atom. The van der Waals surface area contributed by atoms with Crippen molar-refractivity contribution in [3.05, 3.63) is 41.9 Å². The average Bonchev–Trinajstić information content (AvgIpc) is 3.34. The first-order valence-electron chi connectivity index (χ1n) is 9.05. The highest BCUT2D eigenvalue weighted by molar-refractivity contribution is 5.80. The molecule has 0 bridgehead atoms. The van der Waals surface area contributed by atoms with Gasteiger partial charge in [-0.2, -0.15) is 4.98 Å². The molecule has 3 N–H and O–H groups in total. The van der Waals surface area contributed by atoms with E-state index in [1.165, 1.54) is 0 Å². The van der Waals surface area contributed by atoms with E-state index in [0.717, 1.165) is 48.3 Å². The molecule has 7 nitrogen and oxygen atoms in total. The minimum Gasteiger partial charge on any atom is -0.464 e. The fourth-order valence-corrected chi connectivity index (χ4v) is 3.78. The maximum absolute atomic E-state index is 10.4. The molecule has 3 aromatic rings. The molecule has 1 aliphatic rings. The summed E-state index contributed by atoms with van der Waals surface area (Å²) < 4.78 is 5.58. The number of aliphatic hydroxyl groups excluding tert-OH is 1. The second-order valence-electron chi connectivity index (χ2n) is 7.30. The zero-order chi connectivity index (χ0) is 18.1. The van der Waals surface area contributed by atoms with Crippen LogP contribution in [0.25, 0.3) is 11.0 Å². The molecule has 0 amide bonds. The SMILES string of the molecule is CN(C)c1n[nH]c([C@H]2C[C@H](CNCc3cccc4ccoc34)[C@H](O)C2)n1. The van der Waals surface area contributed by atoms with Gasteiger partial charge in [0.15, 0.2) is 0 Å². The van der Waals surface area contributed by atoms with Crippen molar-refractivity contribution in [1.29, 1.82) is 0 Å². The highest BCUT2D eigenvalue weighted by atomic mass is 16.3. The van der Waals surface area contributed by atoms with Crippen LogP contribution in [-0.2, 0) is 6.54 Å². The van der Waals surface area contributed by atoms with E-state index in [4.69, 9.17) is 4.42 Å². The first-order chi connectivity index (χ1) is 12.6. The fourth-order valence-electron chi connectivity index (χ4n) is 3.78. The maximum Gasteiger partial charge on any atom is 0.244 e. The van der Waals surface area contributed by atoms with Gasteiger partial charge in [0.2, 0.25) is 5.95 Å². The summed E-state index contributed by atoms with van der Waals surface area (Å²) in [7, 11) is 3.84. The number of aromatic amines is 1. The summed E-state index contributed by atoms with van der Waals surface area (Å²) in [5, 5.41) is 22.3. The predicted octanol–water partition coefficient (Wildman–Crippen LogP) is 2.26. The van der Waals surface area contributed by atoms with Crippen LogP contribution in [0.3, 0.4) is 0 Å². The number of benzene rings is 1. The van der Waals surface area contributed by atoms with E-state index in [9.17, 15) is 5.11 Å². The number of anilines is 1. The summed E-state index contributed by atoms with van der Waals surface area (Å²) in [5.41, 5.74) is 2.07. The van der Waals surface area contributed by atoms with E-state index in [2.05, 4.69) is 26.6 Å². The summed E-state index contributed by atoms with van der Waals surface area (Å²) in [6, 6.07) is 8.14. The second-order valence-corrected chi connectivity index (χ2v) is 7.30. The van der Waals surface area contributed by atoms with Gasteiger partial charge in [-0.15, -0.1) is 5.10 Å². The van der Waals surface area contributed by atoms with Crippen LogP contribution in [0.1, 0.15) is 30.1 Å². The average molecular weight is 355 g/mol. The van der Waals surface area contributed by atoms with Crippen molar-refractivity contribution in [1.82, 2.24) is 20.5 Å². The highest BCUT2D eigenvalue weighted by Gasteiger charge is 2.35. The zero-order valence-corrected chi connectivity index (χ0v) is 15.1. The monoisotopic (exact) mass is 355 g/mol. The zero-order valence-electron chi connectivity index (χ0n) is 15.1. The molecule has 1 aromatic carbocycles. The number of hydrogen-bond acceptors (Lipinski definition) is 6. The van der Waals surface area contributed by atoms with Gasteiger partial charge in [0.05, 0.1) is 12.4 Å². The number of hydrogen-bond donors (Lipinski definition) is 3. The largest absolute Gasteiger partial charge is 0.464 e. The lowest BCUT2D eigenvalue weighted by molar-refractivity contribution is 0.131. The van der Waals surface area contributed by atoms with Crippen molar-refractivity contribution >= 4 is 16.9 Å². The van der Waals surface area contributed by atoms with Crippen LogP contribution in [0.5, 0.6) is 0 Å². The number of para-hydroxylation sites is 1. The lowest BCUT2D eigenvalue weighted by Gasteiger charge is -2.15. The van der Waals surface area contributed by atoms with E-state index in [1.54, 1.807) is 6.26 Å². The molecule has 0 aliphatic heterocycles. The van der Waals surface area contributed by atoms with Crippen LogP contribution in [-0.4, -0.2) is 47.0 Å². The van der Waals surface area contributed by atoms with Crippen molar-refractivity contribution < 1.29 is 9.52 Å². The Morgan fingerprint density at radius 2 is 2.19 bits per heavy atom. The van der Waals surface area contributed by atoms with Gasteiger partial charge in [0.1, 0.15) is 11.4 Å². The molecule has 0 unspecified atom stereocenters. The Bertz CT molecular complexity index is 872. The molecule has 4 rings (SSSR count). The number of fused-ring (bicyclic) bond motifs is 1. The molecule has 7 heteroatoms. The molecule has 2 aromatic heterocycles. The molecule has 1 saturated carbocycles. The maximum atomic E-state index is 10.4. The molecule has 26 heavy (non-hydrogen) atoms. The molecular weight excluding hydrogens is 330 g/mol. The van der Waals surface area contributed by atoms with Crippen LogP contribution in [0.2, 0.25) is 0 Å². The molecule has 1 fully saturated rings. The van der Waals surface area contributed by atoms with E-state index in [-0.39, 0.29) is 17.9 Å². The van der Waals surface area contributed by atoms with Gasteiger partial charge in [-0.25, -0.2) is 0 Å². The second kappa shape index (κ2) is 7.09. The third kappa shape index (κ3) is 3.32. The van der Waals surface area contributed by atoms with Crippen LogP contribution < -0.4 is 10.2 Å². The summed E-state index contributed by atoms with van der Waals surface area (Å²) in [6.45, 7) is 1.50. The van der Waals surface area contributed by atoms with Crippen LogP contribution in [0.15, 0.2) is 34.9 Å². The van der Waals surface area contributed by atoms with Crippen molar-refractivity contribution in [2.24, 2.45) is 5.92 Å². The number of nitrogens with zero attached hydrogens (tertiary/aromatic N) is 3. The van der Waals surface area contributed by atoms with Gasteiger partial charge in [0.25, 0.3) is 0 Å². The number of aromatic nitrogens is 3. The molecule has 0 spiro atoms. The summed E-state index contributed by atoms with van der Waals surface area (Å²) >= 11 is 0. The smallest absolute Gasteiger partial charge is 0.244 e. The Balaban J connectivity index is 1.34. The van der Waals surface area contributed by atoms with Crippen molar-refractivity contribution in [2.75, 3.05) is 25.5 Å². The number of rotatable bonds is 6. The van der Waals surface area contributed by atoms with E-state index >= 15 is 0 Å². The van der Waals surface area contributed by atoms with Crippen LogP contribution in [0.4, 0.5) is 5.95 Å². The number of nitrogens with one attached hydrogen (secondary N) is 2. The number of furan rings is 1. The summed E-state index contributed by atoms with van der Waals surface area (Å²) in [5.74, 6) is 1.99. The van der Waals surface area contributed by atoms with Crippen LogP contribution >= 0.6 is 0 Å². The lowest BCUT2D eigenvalue weighted by Crippen LogP contribution is -2.27. The van der Waals surface area contributed by atoms with Gasteiger partial charge in [0, 0.05) is 44.1 Å². The summed E-state index contributed by atoms with van der Waals surface area (Å²) in [6.07, 6.45) is 3.03. The first kappa shape index (κ1) is 17.1. The van der Waals surface area contributed by atoms with Crippen LogP contribution in [0, 0.1) is 5.92 Å². The number of H-pyrrole nitrogens is 1. The molecule has 0 saturated heterocycles.